The number of anilines is 1. The number of aromatic nitrogens is 2. The Hall–Kier alpha value is -1.42. The van der Waals surface area contributed by atoms with E-state index in [9.17, 15) is 0 Å². The van der Waals surface area contributed by atoms with E-state index in [2.05, 4.69) is 36.8 Å². The minimum absolute atomic E-state index is 0.593. The summed E-state index contributed by atoms with van der Waals surface area (Å²) in [7, 11) is 0. The monoisotopic (exact) mass is 247 g/mol. The van der Waals surface area contributed by atoms with Crippen molar-refractivity contribution in [3.05, 3.63) is 27.1 Å². The van der Waals surface area contributed by atoms with Crippen molar-refractivity contribution < 1.29 is 0 Å². The highest BCUT2D eigenvalue weighted by molar-refractivity contribution is 7.12. The van der Waals surface area contributed by atoms with Crippen LogP contribution in [-0.4, -0.2) is 9.97 Å². The zero-order chi connectivity index (χ0) is 12.6. The van der Waals surface area contributed by atoms with E-state index in [-0.39, 0.29) is 0 Å². The number of nitrogens with zero attached hydrogens (tertiary/aromatic N) is 2. The van der Waals surface area contributed by atoms with Gasteiger partial charge in [-0.3, -0.25) is 0 Å². The molecule has 0 amide bonds. The molecule has 0 spiro atoms. The Balaban J connectivity index is 2.60. The third kappa shape index (κ3) is 2.17. The number of hydrogen-bond acceptors (Lipinski definition) is 4. The van der Waals surface area contributed by atoms with Crippen molar-refractivity contribution in [2.75, 3.05) is 5.73 Å². The molecule has 0 unspecified atom stereocenters. The van der Waals surface area contributed by atoms with Crippen molar-refractivity contribution in [2.24, 2.45) is 0 Å². The van der Waals surface area contributed by atoms with E-state index in [0.29, 0.717) is 5.82 Å². The molecule has 0 aliphatic rings. The fourth-order valence-electron chi connectivity index (χ4n) is 1.90. The zero-order valence-electron chi connectivity index (χ0n) is 10.7. The fraction of sp³-hybridized carbons (Fsp3) is 0.385. The molecule has 2 N–H and O–H groups in total. The second-order valence-corrected chi connectivity index (χ2v) is 5.65. The van der Waals surface area contributed by atoms with Gasteiger partial charge in [0.05, 0.1) is 0 Å². The molecule has 0 saturated heterocycles. The average Bonchev–Trinajstić information content (AvgIpc) is 2.61. The maximum absolute atomic E-state index is 5.94. The van der Waals surface area contributed by atoms with Gasteiger partial charge in [0, 0.05) is 26.6 Å². The van der Waals surface area contributed by atoms with Gasteiger partial charge in [-0.2, -0.15) is 0 Å². The molecular formula is C13H17N3S. The van der Waals surface area contributed by atoms with E-state index in [1.54, 1.807) is 11.3 Å². The lowest BCUT2D eigenvalue weighted by Crippen LogP contribution is -2.04. The molecule has 0 atom stereocenters. The molecule has 2 heterocycles. The maximum Gasteiger partial charge on any atom is 0.162 e. The van der Waals surface area contributed by atoms with Gasteiger partial charge in [0.15, 0.2) is 5.82 Å². The standard InChI is InChI=1S/C13H17N3S/c1-5-11-8(3)12(14)16-13(15-11)10-6-7(2)17-9(10)4/h6H,5H2,1-4H3,(H2,14,15,16). The van der Waals surface area contributed by atoms with Gasteiger partial charge >= 0.3 is 0 Å². The Morgan fingerprint density at radius 3 is 2.47 bits per heavy atom. The van der Waals surface area contributed by atoms with Gasteiger partial charge in [0.25, 0.3) is 0 Å². The molecule has 3 nitrogen and oxygen atoms in total. The highest BCUT2D eigenvalue weighted by Gasteiger charge is 2.12. The maximum atomic E-state index is 5.94. The summed E-state index contributed by atoms with van der Waals surface area (Å²) in [6, 6.07) is 2.13. The van der Waals surface area contributed by atoms with Crippen LogP contribution in [0.5, 0.6) is 0 Å². The predicted molar refractivity (Wildman–Crippen MR) is 73.3 cm³/mol. The van der Waals surface area contributed by atoms with Gasteiger partial charge in [-0.25, -0.2) is 9.97 Å². The van der Waals surface area contributed by atoms with E-state index in [1.165, 1.54) is 9.75 Å². The quantitative estimate of drug-likeness (QED) is 0.886. The van der Waals surface area contributed by atoms with Crippen LogP contribution in [0, 0.1) is 20.8 Å². The van der Waals surface area contributed by atoms with Crippen molar-refractivity contribution >= 4 is 17.2 Å². The topological polar surface area (TPSA) is 51.8 Å². The summed E-state index contributed by atoms with van der Waals surface area (Å²) in [6.45, 7) is 8.26. The van der Waals surface area contributed by atoms with Gasteiger partial charge in [0.2, 0.25) is 0 Å². The van der Waals surface area contributed by atoms with Gasteiger partial charge in [-0.15, -0.1) is 11.3 Å². The molecule has 2 aromatic heterocycles. The summed E-state index contributed by atoms with van der Waals surface area (Å²) in [4.78, 5) is 11.5. The van der Waals surface area contributed by atoms with E-state index >= 15 is 0 Å². The normalized spacial score (nSPS) is 10.8. The Kier molecular flexibility index (Phi) is 3.15. The second-order valence-electron chi connectivity index (χ2n) is 4.18. The van der Waals surface area contributed by atoms with Crippen LogP contribution in [0.3, 0.4) is 0 Å². The van der Waals surface area contributed by atoms with Crippen LogP contribution < -0.4 is 5.73 Å². The molecule has 0 saturated carbocycles. The molecule has 0 aromatic carbocycles. The first-order valence-corrected chi connectivity index (χ1v) is 6.55. The zero-order valence-corrected chi connectivity index (χ0v) is 11.5. The van der Waals surface area contributed by atoms with Crippen LogP contribution in [-0.2, 0) is 6.42 Å². The molecule has 2 aromatic rings. The van der Waals surface area contributed by atoms with Crippen LogP contribution >= 0.6 is 11.3 Å². The van der Waals surface area contributed by atoms with Gasteiger partial charge in [-0.05, 0) is 33.3 Å². The lowest BCUT2D eigenvalue weighted by atomic mass is 10.1. The summed E-state index contributed by atoms with van der Waals surface area (Å²) in [5.74, 6) is 1.35. The molecule has 0 radical (unpaired) electrons. The van der Waals surface area contributed by atoms with E-state index in [0.717, 1.165) is 29.1 Å². The van der Waals surface area contributed by atoms with E-state index in [4.69, 9.17) is 5.73 Å². The van der Waals surface area contributed by atoms with Gasteiger partial charge in [0.1, 0.15) is 5.82 Å². The molecule has 2 rings (SSSR count). The number of thiophene rings is 1. The van der Waals surface area contributed by atoms with Crippen molar-refractivity contribution in [1.82, 2.24) is 9.97 Å². The third-order valence-electron chi connectivity index (χ3n) is 2.90. The van der Waals surface area contributed by atoms with Crippen molar-refractivity contribution in [2.45, 2.75) is 34.1 Å². The van der Waals surface area contributed by atoms with Gasteiger partial charge in [-0.1, -0.05) is 6.92 Å². The molecule has 90 valence electrons. The number of nitrogen functional groups attached to an aromatic ring is 1. The second kappa shape index (κ2) is 4.45. The lowest BCUT2D eigenvalue weighted by molar-refractivity contribution is 0.982. The first-order chi connectivity index (χ1) is 8.02. The predicted octanol–water partition coefficient (Wildman–Crippen LogP) is 3.27. The largest absolute Gasteiger partial charge is 0.383 e. The number of nitrogens with two attached hydrogens (primary N) is 1. The lowest BCUT2D eigenvalue weighted by Gasteiger charge is -2.08. The van der Waals surface area contributed by atoms with Crippen molar-refractivity contribution in [3.8, 4) is 11.4 Å². The minimum Gasteiger partial charge on any atom is -0.383 e. The van der Waals surface area contributed by atoms with Crippen molar-refractivity contribution in [3.63, 3.8) is 0 Å². The summed E-state index contributed by atoms with van der Waals surface area (Å²) >= 11 is 1.77. The Labute approximate surface area is 106 Å². The molecule has 4 heteroatoms. The SMILES string of the molecule is CCc1nc(-c2cc(C)sc2C)nc(N)c1C. The Morgan fingerprint density at radius 2 is 1.94 bits per heavy atom. The summed E-state index contributed by atoms with van der Waals surface area (Å²) < 4.78 is 0. The average molecular weight is 247 g/mol. The van der Waals surface area contributed by atoms with Crippen LogP contribution in [0.15, 0.2) is 6.07 Å². The van der Waals surface area contributed by atoms with Crippen LogP contribution in [0.1, 0.15) is 27.9 Å². The highest BCUT2D eigenvalue weighted by atomic mass is 32.1. The van der Waals surface area contributed by atoms with Crippen LogP contribution in [0.25, 0.3) is 11.4 Å². The van der Waals surface area contributed by atoms with Crippen LogP contribution in [0.4, 0.5) is 5.82 Å². The summed E-state index contributed by atoms with van der Waals surface area (Å²) in [5.41, 5.74) is 9.09. The van der Waals surface area contributed by atoms with Crippen molar-refractivity contribution in [1.29, 1.82) is 0 Å². The molecule has 17 heavy (non-hydrogen) atoms. The first kappa shape index (κ1) is 12.0. The third-order valence-corrected chi connectivity index (χ3v) is 3.87. The molecule has 0 aliphatic carbocycles. The number of aryl methyl sites for hydroxylation is 3. The Morgan fingerprint density at radius 1 is 1.24 bits per heavy atom. The molecule has 0 aliphatic heterocycles. The number of rotatable bonds is 2. The minimum atomic E-state index is 0.593. The molecular weight excluding hydrogens is 230 g/mol. The van der Waals surface area contributed by atoms with Crippen LogP contribution in [0.2, 0.25) is 0 Å². The molecule has 0 bridgehead atoms. The van der Waals surface area contributed by atoms with Gasteiger partial charge < -0.3 is 5.73 Å². The fourth-order valence-corrected chi connectivity index (χ4v) is 2.82. The number of hydrogen-bond donors (Lipinski definition) is 1. The Bertz CT molecular complexity index is 558. The first-order valence-electron chi connectivity index (χ1n) is 5.73. The highest BCUT2D eigenvalue weighted by Crippen LogP contribution is 2.29. The smallest absolute Gasteiger partial charge is 0.162 e. The summed E-state index contributed by atoms with van der Waals surface area (Å²) in [6.07, 6.45) is 0.883. The molecule has 0 fully saturated rings. The van der Waals surface area contributed by atoms with E-state index in [1.807, 2.05) is 6.92 Å². The van der Waals surface area contributed by atoms with E-state index < -0.39 is 0 Å². The summed E-state index contributed by atoms with van der Waals surface area (Å²) in [5, 5.41) is 0.